The predicted molar refractivity (Wildman–Crippen MR) is 109 cm³/mol. The van der Waals surface area contributed by atoms with E-state index in [0.717, 1.165) is 14.7 Å². The lowest BCUT2D eigenvalue weighted by Crippen LogP contribution is -2.50. The second kappa shape index (κ2) is 9.50. The summed E-state index contributed by atoms with van der Waals surface area (Å²) in [6.45, 7) is 4.38. The van der Waals surface area contributed by atoms with Crippen molar-refractivity contribution in [3.63, 3.8) is 0 Å². The molecule has 0 saturated heterocycles. The predicted octanol–water partition coefficient (Wildman–Crippen LogP) is 4.39. The smallest absolute Gasteiger partial charge is 0.251 e. The molecule has 0 fully saturated rings. The second-order valence-electron chi connectivity index (χ2n) is 5.95. The van der Waals surface area contributed by atoms with E-state index in [1.165, 1.54) is 4.88 Å². The molecule has 4 nitrogen and oxygen atoms in total. The minimum absolute atomic E-state index is 0.00437. The van der Waals surface area contributed by atoms with Crippen LogP contribution in [0.15, 0.2) is 44.7 Å². The number of nitrogens with one attached hydrogen (secondary N) is 2. The highest BCUT2D eigenvalue weighted by atomic mass is 79.9. The molecule has 0 spiro atoms. The topological polar surface area (TPSA) is 58.2 Å². The summed E-state index contributed by atoms with van der Waals surface area (Å²) in [5, 5.41) is 5.75. The van der Waals surface area contributed by atoms with E-state index in [0.29, 0.717) is 12.1 Å². The third-order valence-electron chi connectivity index (χ3n) is 3.64. The van der Waals surface area contributed by atoms with Crippen molar-refractivity contribution in [1.29, 1.82) is 0 Å². The summed E-state index contributed by atoms with van der Waals surface area (Å²) >= 11 is 8.43. The van der Waals surface area contributed by atoms with Crippen LogP contribution in [0.4, 0.5) is 0 Å². The molecule has 134 valence electrons. The molecule has 2 aromatic rings. The summed E-state index contributed by atoms with van der Waals surface area (Å²) in [5.74, 6) is -0.407. The molecule has 2 amide bonds. The highest BCUT2D eigenvalue weighted by Crippen LogP contribution is 2.22. The van der Waals surface area contributed by atoms with Gasteiger partial charge in [0.15, 0.2) is 0 Å². The van der Waals surface area contributed by atoms with Gasteiger partial charge in [-0.1, -0.05) is 29.8 Å². The van der Waals surface area contributed by atoms with Crippen LogP contribution < -0.4 is 10.6 Å². The van der Waals surface area contributed by atoms with Crippen molar-refractivity contribution in [2.75, 3.05) is 6.54 Å². The molecule has 0 saturated carbocycles. The summed E-state index contributed by atoms with van der Waals surface area (Å²) in [6.07, 6.45) is 0.771. The number of halogens is 2. The number of hydrogen-bond acceptors (Lipinski definition) is 3. The maximum absolute atomic E-state index is 12.5. The first-order valence-corrected chi connectivity index (χ1v) is 10.4. The number of rotatable bonds is 7. The van der Waals surface area contributed by atoms with Crippen molar-refractivity contribution in [2.45, 2.75) is 26.3 Å². The van der Waals surface area contributed by atoms with Crippen LogP contribution in [-0.4, -0.2) is 24.4 Å². The van der Waals surface area contributed by atoms with Crippen molar-refractivity contribution < 1.29 is 9.59 Å². The van der Waals surface area contributed by atoms with Gasteiger partial charge >= 0.3 is 0 Å². The average molecular weight is 488 g/mol. The number of hydrogen-bond donors (Lipinski definition) is 2. The normalized spacial score (nSPS) is 12.0. The fraction of sp³-hybridized carbons (Fsp3) is 0.333. The average Bonchev–Trinajstić information content (AvgIpc) is 2.98. The molecule has 2 rings (SSSR count). The van der Waals surface area contributed by atoms with Crippen molar-refractivity contribution in [3.8, 4) is 0 Å². The Bertz CT molecular complexity index is 729. The summed E-state index contributed by atoms with van der Waals surface area (Å²) in [7, 11) is 0. The minimum Gasteiger partial charge on any atom is -0.354 e. The van der Waals surface area contributed by atoms with E-state index < -0.39 is 6.04 Å². The van der Waals surface area contributed by atoms with Gasteiger partial charge in [-0.05, 0) is 64.7 Å². The van der Waals surface area contributed by atoms with Gasteiger partial charge < -0.3 is 10.6 Å². The van der Waals surface area contributed by atoms with E-state index in [1.807, 2.05) is 26.0 Å². The number of amides is 2. The zero-order valence-electron chi connectivity index (χ0n) is 14.0. The van der Waals surface area contributed by atoms with Gasteiger partial charge in [0.05, 0.1) is 3.79 Å². The molecule has 1 atom stereocenters. The molecule has 0 bridgehead atoms. The van der Waals surface area contributed by atoms with Gasteiger partial charge in [-0.25, -0.2) is 0 Å². The Hall–Kier alpha value is -1.18. The Morgan fingerprint density at radius 2 is 1.76 bits per heavy atom. The largest absolute Gasteiger partial charge is 0.354 e. The summed E-state index contributed by atoms with van der Waals surface area (Å²) in [6, 6.07) is 10.5. The van der Waals surface area contributed by atoms with E-state index in [4.69, 9.17) is 0 Å². The van der Waals surface area contributed by atoms with Crippen molar-refractivity contribution in [2.24, 2.45) is 5.92 Å². The molecule has 7 heteroatoms. The lowest BCUT2D eigenvalue weighted by Gasteiger charge is -2.21. The number of carbonyl (C=O) groups excluding carboxylic acids is 2. The standard InChI is InChI=1S/C18H20Br2N2O2S/c1-11(2)16(22-17(23)12-3-5-13(19)6-4-12)18(24)21-10-9-14-7-8-15(20)25-14/h3-8,11,16H,9-10H2,1-2H3,(H,21,24)(H,22,23)/t16-/m0/s1. The molecular weight excluding hydrogens is 468 g/mol. The number of thiophene rings is 1. The molecule has 1 heterocycles. The Morgan fingerprint density at radius 1 is 1.08 bits per heavy atom. The van der Waals surface area contributed by atoms with E-state index in [9.17, 15) is 9.59 Å². The Morgan fingerprint density at radius 3 is 2.32 bits per heavy atom. The van der Waals surface area contributed by atoms with Gasteiger partial charge in [0.25, 0.3) is 5.91 Å². The maximum Gasteiger partial charge on any atom is 0.251 e. The fourth-order valence-corrected chi connectivity index (χ4v) is 4.01. The van der Waals surface area contributed by atoms with Crippen molar-refractivity contribution in [1.82, 2.24) is 10.6 Å². The van der Waals surface area contributed by atoms with E-state index in [-0.39, 0.29) is 17.7 Å². The van der Waals surface area contributed by atoms with Crippen LogP contribution in [-0.2, 0) is 11.2 Å². The molecule has 0 aliphatic rings. The molecule has 0 aliphatic carbocycles. The van der Waals surface area contributed by atoms with E-state index in [1.54, 1.807) is 35.6 Å². The lowest BCUT2D eigenvalue weighted by molar-refractivity contribution is -0.123. The zero-order chi connectivity index (χ0) is 18.4. The monoisotopic (exact) mass is 486 g/mol. The summed E-state index contributed by atoms with van der Waals surface area (Å²) < 4.78 is 1.98. The van der Waals surface area contributed by atoms with Crippen LogP contribution in [0.25, 0.3) is 0 Å². The quantitative estimate of drug-likeness (QED) is 0.608. The number of benzene rings is 1. The van der Waals surface area contributed by atoms with Gasteiger partial charge in [0.2, 0.25) is 5.91 Å². The first-order chi connectivity index (χ1) is 11.9. The molecule has 0 unspecified atom stereocenters. The van der Waals surface area contributed by atoms with Crippen LogP contribution in [0.1, 0.15) is 29.1 Å². The second-order valence-corrected chi connectivity index (χ2v) is 9.41. The summed E-state index contributed by atoms with van der Waals surface area (Å²) in [4.78, 5) is 26.0. The third-order valence-corrected chi connectivity index (χ3v) is 5.85. The molecule has 1 aromatic carbocycles. The Labute approximate surface area is 168 Å². The fourth-order valence-electron chi connectivity index (χ4n) is 2.27. The van der Waals surface area contributed by atoms with Gasteiger partial charge in [-0.15, -0.1) is 11.3 Å². The van der Waals surface area contributed by atoms with Crippen LogP contribution in [0.3, 0.4) is 0 Å². The van der Waals surface area contributed by atoms with E-state index >= 15 is 0 Å². The van der Waals surface area contributed by atoms with Gasteiger partial charge in [-0.2, -0.15) is 0 Å². The first-order valence-electron chi connectivity index (χ1n) is 7.95. The van der Waals surface area contributed by atoms with Crippen LogP contribution in [0, 0.1) is 5.92 Å². The third kappa shape index (κ3) is 6.24. The molecule has 0 radical (unpaired) electrons. The molecule has 0 aliphatic heterocycles. The summed E-state index contributed by atoms with van der Waals surface area (Å²) in [5.41, 5.74) is 0.532. The number of carbonyl (C=O) groups is 2. The SMILES string of the molecule is CC(C)[C@H](NC(=O)c1ccc(Br)cc1)C(=O)NCCc1ccc(Br)s1. The van der Waals surface area contributed by atoms with Gasteiger partial charge in [0, 0.05) is 21.5 Å². The Kier molecular flexibility index (Phi) is 7.65. The highest BCUT2D eigenvalue weighted by Gasteiger charge is 2.24. The maximum atomic E-state index is 12.5. The van der Waals surface area contributed by atoms with Crippen LogP contribution in [0.5, 0.6) is 0 Å². The van der Waals surface area contributed by atoms with Gasteiger partial charge in [-0.3, -0.25) is 9.59 Å². The first kappa shape index (κ1) is 20.1. The zero-order valence-corrected chi connectivity index (χ0v) is 18.0. The molecular formula is C18H20Br2N2O2S. The Balaban J connectivity index is 1.91. The minimum atomic E-state index is -0.564. The van der Waals surface area contributed by atoms with Gasteiger partial charge in [0.1, 0.15) is 6.04 Å². The molecule has 25 heavy (non-hydrogen) atoms. The molecule has 1 aromatic heterocycles. The lowest BCUT2D eigenvalue weighted by atomic mass is 10.0. The highest BCUT2D eigenvalue weighted by molar-refractivity contribution is 9.11. The van der Waals surface area contributed by atoms with E-state index in [2.05, 4.69) is 42.5 Å². The van der Waals surface area contributed by atoms with Crippen LogP contribution in [0.2, 0.25) is 0 Å². The van der Waals surface area contributed by atoms with Crippen molar-refractivity contribution in [3.05, 3.63) is 55.1 Å². The molecule has 2 N–H and O–H groups in total. The van der Waals surface area contributed by atoms with Crippen molar-refractivity contribution >= 4 is 55.0 Å². The van der Waals surface area contributed by atoms with Crippen LogP contribution >= 0.6 is 43.2 Å².